The van der Waals surface area contributed by atoms with Crippen molar-refractivity contribution in [3.63, 3.8) is 0 Å². The van der Waals surface area contributed by atoms with Gasteiger partial charge in [-0.15, -0.1) is 0 Å². The summed E-state index contributed by atoms with van der Waals surface area (Å²) in [7, 11) is -3.92. The van der Waals surface area contributed by atoms with Crippen LogP contribution in [0.1, 0.15) is 26.3 Å². The third-order valence-corrected chi connectivity index (χ3v) is 6.43. The number of carboxylic acid groups (broad SMARTS) is 1. The third kappa shape index (κ3) is 5.16. The molecule has 3 aromatic rings. The van der Waals surface area contributed by atoms with Crippen LogP contribution in [0.15, 0.2) is 71.6 Å². The molecule has 154 valence electrons. The largest absolute Gasteiger partial charge is 0.545 e. The summed E-state index contributed by atoms with van der Waals surface area (Å²) in [6.07, 6.45) is 0. The van der Waals surface area contributed by atoms with Gasteiger partial charge < -0.3 is 15.2 Å². The molecule has 0 spiro atoms. The smallest absolute Gasteiger partial charge is 0.262 e. The molecule has 0 aliphatic rings. The molecule has 1 amide bonds. The number of anilines is 2. The first-order valence-corrected chi connectivity index (χ1v) is 11.2. The summed E-state index contributed by atoms with van der Waals surface area (Å²) in [5.41, 5.74) is 1.17. The number of aryl methyl sites for hydroxylation is 1. The van der Waals surface area contributed by atoms with E-state index in [0.717, 1.165) is 3.57 Å². The summed E-state index contributed by atoms with van der Waals surface area (Å²) in [5.74, 6) is -1.94. The van der Waals surface area contributed by atoms with E-state index in [2.05, 4.69) is 32.6 Å². The molecular weight excluding hydrogens is 519 g/mol. The number of nitrogens with one attached hydrogen (secondary N) is 2. The minimum absolute atomic E-state index is 0.0304. The zero-order chi connectivity index (χ0) is 21.9. The molecule has 3 aromatic carbocycles. The lowest BCUT2D eigenvalue weighted by Gasteiger charge is -2.13. The number of sulfonamides is 1. The average Bonchev–Trinajstić information content (AvgIpc) is 2.70. The van der Waals surface area contributed by atoms with Gasteiger partial charge in [0.25, 0.3) is 15.9 Å². The van der Waals surface area contributed by atoms with Crippen LogP contribution >= 0.6 is 22.6 Å². The maximum absolute atomic E-state index is 12.8. The minimum Gasteiger partial charge on any atom is -0.545 e. The minimum atomic E-state index is -3.92. The van der Waals surface area contributed by atoms with E-state index >= 15 is 0 Å². The van der Waals surface area contributed by atoms with Crippen LogP contribution in [0.25, 0.3) is 0 Å². The van der Waals surface area contributed by atoms with E-state index in [9.17, 15) is 23.1 Å². The maximum atomic E-state index is 12.8. The van der Waals surface area contributed by atoms with Gasteiger partial charge in [0.15, 0.2) is 0 Å². The molecule has 0 saturated heterocycles. The second kappa shape index (κ2) is 8.84. The van der Waals surface area contributed by atoms with Gasteiger partial charge in [0.05, 0.1) is 10.9 Å². The predicted molar refractivity (Wildman–Crippen MR) is 120 cm³/mol. The molecule has 0 fully saturated rings. The first kappa shape index (κ1) is 21.8. The van der Waals surface area contributed by atoms with Crippen molar-refractivity contribution in [2.75, 3.05) is 10.0 Å². The Morgan fingerprint density at radius 2 is 1.60 bits per heavy atom. The average molecular weight is 535 g/mol. The van der Waals surface area contributed by atoms with E-state index in [-0.39, 0.29) is 21.7 Å². The maximum Gasteiger partial charge on any atom is 0.262 e. The lowest BCUT2D eigenvalue weighted by atomic mass is 10.1. The molecule has 0 radical (unpaired) electrons. The highest BCUT2D eigenvalue weighted by atomic mass is 127. The standard InChI is InChI=1S/C21H17IN2O5S/c1-13-5-6-14(20(25)23-18-4-2-3-15(11-18)21(26)27)12-19(13)30(28,29)24-17-9-7-16(22)8-10-17/h2-12,24H,1H3,(H,23,25)(H,26,27)/p-1. The van der Waals surface area contributed by atoms with Gasteiger partial charge >= 0.3 is 0 Å². The van der Waals surface area contributed by atoms with Gasteiger partial charge in [-0.25, -0.2) is 8.42 Å². The molecule has 0 aliphatic heterocycles. The molecule has 0 unspecified atom stereocenters. The van der Waals surface area contributed by atoms with Crippen LogP contribution in [0.3, 0.4) is 0 Å². The zero-order valence-electron chi connectivity index (χ0n) is 15.7. The number of carbonyl (C=O) groups excluding carboxylic acids is 2. The first-order valence-electron chi connectivity index (χ1n) is 8.67. The number of halogens is 1. The molecule has 2 N–H and O–H groups in total. The van der Waals surface area contributed by atoms with Crippen LogP contribution < -0.4 is 15.1 Å². The van der Waals surface area contributed by atoms with E-state index in [1.54, 1.807) is 31.2 Å². The summed E-state index contributed by atoms with van der Waals surface area (Å²) in [6, 6.07) is 16.8. The Kier molecular flexibility index (Phi) is 6.42. The van der Waals surface area contributed by atoms with Gasteiger partial charge in [0.2, 0.25) is 0 Å². The van der Waals surface area contributed by atoms with Gasteiger partial charge in [0.1, 0.15) is 0 Å². The van der Waals surface area contributed by atoms with Crippen LogP contribution in [0, 0.1) is 10.5 Å². The lowest BCUT2D eigenvalue weighted by Crippen LogP contribution is -2.22. The molecule has 0 heterocycles. The Labute approximate surface area is 187 Å². The lowest BCUT2D eigenvalue weighted by molar-refractivity contribution is -0.255. The Bertz CT molecular complexity index is 1220. The van der Waals surface area contributed by atoms with Gasteiger partial charge in [-0.05, 0) is 89.2 Å². The molecule has 0 aromatic heterocycles. The zero-order valence-corrected chi connectivity index (χ0v) is 18.7. The Morgan fingerprint density at radius 1 is 0.900 bits per heavy atom. The van der Waals surface area contributed by atoms with Gasteiger partial charge in [-0.2, -0.15) is 0 Å². The van der Waals surface area contributed by atoms with E-state index in [1.165, 1.54) is 42.5 Å². The second-order valence-corrected chi connectivity index (χ2v) is 9.31. The number of benzene rings is 3. The van der Waals surface area contributed by atoms with E-state index in [0.29, 0.717) is 11.3 Å². The Morgan fingerprint density at radius 3 is 2.27 bits per heavy atom. The van der Waals surface area contributed by atoms with E-state index < -0.39 is 21.9 Å². The molecule has 0 saturated carbocycles. The normalized spacial score (nSPS) is 11.0. The van der Waals surface area contributed by atoms with Gasteiger partial charge in [0, 0.05) is 20.5 Å². The van der Waals surface area contributed by atoms with Crippen molar-refractivity contribution in [1.29, 1.82) is 0 Å². The summed E-state index contributed by atoms with van der Waals surface area (Å²) in [5, 5.41) is 13.5. The molecule has 0 atom stereocenters. The monoisotopic (exact) mass is 535 g/mol. The molecule has 0 bridgehead atoms. The number of hydrogen-bond acceptors (Lipinski definition) is 5. The quantitative estimate of drug-likeness (QED) is 0.471. The van der Waals surface area contributed by atoms with Crippen LogP contribution in [0.4, 0.5) is 11.4 Å². The molecule has 3 rings (SSSR count). The molecule has 7 nitrogen and oxygen atoms in total. The highest BCUT2D eigenvalue weighted by Gasteiger charge is 2.19. The van der Waals surface area contributed by atoms with Crippen molar-refractivity contribution in [3.8, 4) is 0 Å². The number of aromatic carboxylic acids is 1. The first-order chi connectivity index (χ1) is 14.2. The third-order valence-electron chi connectivity index (χ3n) is 4.19. The Balaban J connectivity index is 1.87. The number of hydrogen-bond donors (Lipinski definition) is 2. The van der Waals surface area contributed by atoms with Gasteiger partial charge in [-0.1, -0.05) is 18.2 Å². The summed E-state index contributed by atoms with van der Waals surface area (Å²) in [6.45, 7) is 1.63. The van der Waals surface area contributed by atoms with E-state index in [4.69, 9.17) is 0 Å². The molecule has 30 heavy (non-hydrogen) atoms. The van der Waals surface area contributed by atoms with Gasteiger partial charge in [-0.3, -0.25) is 9.52 Å². The highest BCUT2D eigenvalue weighted by molar-refractivity contribution is 14.1. The summed E-state index contributed by atoms with van der Waals surface area (Å²) >= 11 is 2.12. The van der Waals surface area contributed by atoms with Crippen molar-refractivity contribution in [2.24, 2.45) is 0 Å². The molecule has 0 aliphatic carbocycles. The number of rotatable bonds is 6. The molecular formula is C21H16IN2O5S-. The number of amides is 1. The predicted octanol–water partition coefficient (Wildman–Crippen LogP) is 3.02. The van der Waals surface area contributed by atoms with Crippen LogP contribution in [-0.4, -0.2) is 20.3 Å². The van der Waals surface area contributed by atoms with Crippen LogP contribution in [-0.2, 0) is 10.0 Å². The fourth-order valence-corrected chi connectivity index (χ4v) is 4.38. The van der Waals surface area contributed by atoms with Crippen molar-refractivity contribution < 1.29 is 23.1 Å². The van der Waals surface area contributed by atoms with Crippen molar-refractivity contribution >= 4 is 55.9 Å². The second-order valence-electron chi connectivity index (χ2n) is 6.42. The summed E-state index contributed by atoms with van der Waals surface area (Å²) in [4.78, 5) is 23.5. The van der Waals surface area contributed by atoms with Crippen LogP contribution in [0.2, 0.25) is 0 Å². The van der Waals surface area contributed by atoms with Crippen molar-refractivity contribution in [2.45, 2.75) is 11.8 Å². The Hall–Kier alpha value is -2.92. The SMILES string of the molecule is Cc1ccc(C(=O)Nc2cccc(C(=O)[O-])c2)cc1S(=O)(=O)Nc1ccc(I)cc1. The van der Waals surface area contributed by atoms with Crippen molar-refractivity contribution in [1.82, 2.24) is 0 Å². The fraction of sp³-hybridized carbons (Fsp3) is 0.0476. The fourth-order valence-electron chi connectivity index (χ4n) is 2.69. The topological polar surface area (TPSA) is 115 Å². The van der Waals surface area contributed by atoms with E-state index in [1.807, 2.05) is 0 Å². The summed E-state index contributed by atoms with van der Waals surface area (Å²) < 4.78 is 29.2. The van der Waals surface area contributed by atoms with Crippen molar-refractivity contribution in [3.05, 3.63) is 87.0 Å². The number of carbonyl (C=O) groups is 2. The number of carboxylic acids is 1. The molecule has 9 heteroatoms. The highest BCUT2D eigenvalue weighted by Crippen LogP contribution is 2.22. The van der Waals surface area contributed by atoms with Crippen LogP contribution in [0.5, 0.6) is 0 Å².